The molecule has 0 amide bonds. The first-order valence-corrected chi connectivity index (χ1v) is 12.2. The average molecular weight is 468 g/mol. The Morgan fingerprint density at radius 3 is 2.77 bits per heavy atom. The smallest absolute Gasteiger partial charge is 0.229 e. The van der Waals surface area contributed by atoms with Gasteiger partial charge in [0.15, 0.2) is 0 Å². The maximum absolute atomic E-state index is 6.23. The summed E-state index contributed by atoms with van der Waals surface area (Å²) in [6.07, 6.45) is 5.57. The van der Waals surface area contributed by atoms with Gasteiger partial charge >= 0.3 is 0 Å². The summed E-state index contributed by atoms with van der Waals surface area (Å²) in [6, 6.07) is 16.7. The SMILES string of the molecule is Cc1ncnn1-c1ccc2cc1OCCCCN(C)c1nc(nc3c1CCC3c1ccccc1)N2. The standard InChI is InChI=1S/C27H29N7O/c1-18-28-17-29-34(18)23-13-10-20-16-24(23)35-15-7-6-14-33(2)26-22-12-11-21(19-8-4-3-5-9-19)25(22)31-27(30-20)32-26/h3-5,8-10,13,16-17,21H,6-7,11-12,14-15H2,1-2H3,(H,30,31,32). The zero-order valence-electron chi connectivity index (χ0n) is 20.1. The van der Waals surface area contributed by atoms with Gasteiger partial charge in [-0.1, -0.05) is 30.3 Å². The van der Waals surface area contributed by atoms with Crippen LogP contribution in [0.3, 0.4) is 0 Å². The Bertz CT molecular complexity index is 1350. The molecule has 0 saturated heterocycles. The number of aromatic nitrogens is 5. The van der Waals surface area contributed by atoms with Crippen LogP contribution in [0.25, 0.3) is 5.69 Å². The molecule has 6 rings (SSSR count). The lowest BCUT2D eigenvalue weighted by Crippen LogP contribution is -2.22. The van der Waals surface area contributed by atoms with Gasteiger partial charge in [0.1, 0.15) is 29.4 Å². The first-order chi connectivity index (χ1) is 17.2. The van der Waals surface area contributed by atoms with Crippen LogP contribution in [-0.2, 0) is 6.42 Å². The molecule has 0 saturated carbocycles. The van der Waals surface area contributed by atoms with Crippen molar-refractivity contribution in [2.45, 2.75) is 38.5 Å². The van der Waals surface area contributed by atoms with Crippen LogP contribution in [0.4, 0.5) is 17.5 Å². The van der Waals surface area contributed by atoms with Gasteiger partial charge in [0.2, 0.25) is 5.95 Å². The molecule has 35 heavy (non-hydrogen) atoms. The van der Waals surface area contributed by atoms with Crippen molar-refractivity contribution in [1.29, 1.82) is 0 Å². The highest BCUT2D eigenvalue weighted by Gasteiger charge is 2.30. The second-order valence-electron chi connectivity index (χ2n) is 9.24. The van der Waals surface area contributed by atoms with Gasteiger partial charge < -0.3 is 15.0 Å². The quantitative estimate of drug-likeness (QED) is 0.454. The molecule has 1 unspecified atom stereocenters. The summed E-state index contributed by atoms with van der Waals surface area (Å²) in [5.74, 6) is 3.51. The molecule has 8 heteroatoms. The second kappa shape index (κ2) is 9.02. The third kappa shape index (κ3) is 4.09. The van der Waals surface area contributed by atoms with Gasteiger partial charge in [0, 0.05) is 36.8 Å². The molecule has 2 aliphatic rings. The molecule has 1 aliphatic heterocycles. The van der Waals surface area contributed by atoms with E-state index in [1.54, 1.807) is 11.0 Å². The number of ether oxygens (including phenoxy) is 1. The van der Waals surface area contributed by atoms with E-state index < -0.39 is 0 Å². The maximum Gasteiger partial charge on any atom is 0.229 e. The van der Waals surface area contributed by atoms with Crippen molar-refractivity contribution in [3.63, 3.8) is 0 Å². The molecule has 4 bridgehead atoms. The van der Waals surface area contributed by atoms with Crippen LogP contribution in [0.5, 0.6) is 5.75 Å². The summed E-state index contributed by atoms with van der Waals surface area (Å²) < 4.78 is 8.04. The van der Waals surface area contributed by atoms with E-state index in [4.69, 9.17) is 14.7 Å². The number of benzene rings is 2. The largest absolute Gasteiger partial charge is 0.491 e. The summed E-state index contributed by atoms with van der Waals surface area (Å²) in [5, 5.41) is 7.83. The first kappa shape index (κ1) is 21.6. The average Bonchev–Trinajstić information content (AvgIpc) is 3.50. The molecular formula is C27H29N7O. The predicted molar refractivity (Wildman–Crippen MR) is 136 cm³/mol. The Morgan fingerprint density at radius 1 is 1.06 bits per heavy atom. The summed E-state index contributed by atoms with van der Waals surface area (Å²) in [5.41, 5.74) is 5.47. The monoisotopic (exact) mass is 467 g/mol. The van der Waals surface area contributed by atoms with Gasteiger partial charge in [-0.2, -0.15) is 10.1 Å². The lowest BCUT2D eigenvalue weighted by molar-refractivity contribution is 0.306. The Hall–Kier alpha value is -3.94. The zero-order chi connectivity index (χ0) is 23.8. The number of hydrogen-bond acceptors (Lipinski definition) is 7. The molecule has 1 N–H and O–H groups in total. The third-order valence-corrected chi connectivity index (χ3v) is 6.90. The first-order valence-electron chi connectivity index (χ1n) is 12.2. The van der Waals surface area contributed by atoms with Gasteiger partial charge in [0.25, 0.3) is 0 Å². The third-order valence-electron chi connectivity index (χ3n) is 6.90. The van der Waals surface area contributed by atoms with Crippen molar-refractivity contribution in [2.24, 2.45) is 0 Å². The fourth-order valence-corrected chi connectivity index (χ4v) is 5.11. The molecule has 2 aromatic carbocycles. The van der Waals surface area contributed by atoms with Crippen molar-refractivity contribution in [3.8, 4) is 11.4 Å². The zero-order valence-corrected chi connectivity index (χ0v) is 20.1. The molecule has 178 valence electrons. The number of fused-ring (bicyclic) bond motifs is 6. The van der Waals surface area contributed by atoms with E-state index in [0.717, 1.165) is 66.7 Å². The minimum Gasteiger partial charge on any atom is -0.491 e. The maximum atomic E-state index is 6.23. The number of rotatable bonds is 2. The molecule has 0 spiro atoms. The lowest BCUT2D eigenvalue weighted by Gasteiger charge is -2.22. The molecule has 0 fully saturated rings. The molecular weight excluding hydrogens is 438 g/mol. The number of nitrogens with zero attached hydrogens (tertiary/aromatic N) is 6. The van der Waals surface area contributed by atoms with Crippen molar-refractivity contribution < 1.29 is 4.74 Å². The highest BCUT2D eigenvalue weighted by Crippen LogP contribution is 2.41. The van der Waals surface area contributed by atoms with E-state index in [1.807, 2.05) is 25.1 Å². The van der Waals surface area contributed by atoms with Crippen LogP contribution < -0.4 is 15.0 Å². The van der Waals surface area contributed by atoms with Crippen LogP contribution in [0.1, 0.15) is 47.8 Å². The van der Waals surface area contributed by atoms with E-state index in [2.05, 4.69) is 57.7 Å². The minimum absolute atomic E-state index is 0.286. The van der Waals surface area contributed by atoms with Crippen molar-refractivity contribution >= 4 is 17.5 Å². The van der Waals surface area contributed by atoms with E-state index in [0.29, 0.717) is 12.6 Å². The number of nitrogens with one attached hydrogen (secondary N) is 1. The van der Waals surface area contributed by atoms with Crippen molar-refractivity contribution in [3.05, 3.63) is 77.5 Å². The lowest BCUT2D eigenvalue weighted by atomic mass is 9.97. The minimum atomic E-state index is 0.286. The summed E-state index contributed by atoms with van der Waals surface area (Å²) in [6.45, 7) is 3.48. The van der Waals surface area contributed by atoms with Gasteiger partial charge in [-0.3, -0.25) is 0 Å². The van der Waals surface area contributed by atoms with Crippen LogP contribution >= 0.6 is 0 Å². The van der Waals surface area contributed by atoms with Crippen LogP contribution in [0.15, 0.2) is 54.9 Å². The normalized spacial score (nSPS) is 17.4. The van der Waals surface area contributed by atoms with E-state index >= 15 is 0 Å². The van der Waals surface area contributed by atoms with Crippen molar-refractivity contribution in [1.82, 2.24) is 24.7 Å². The van der Waals surface area contributed by atoms with E-state index in [9.17, 15) is 0 Å². The Labute approximate surface area is 205 Å². The molecule has 4 aromatic rings. The van der Waals surface area contributed by atoms with Crippen LogP contribution in [0, 0.1) is 6.92 Å². The Kier molecular flexibility index (Phi) is 5.56. The fraction of sp³-hybridized carbons (Fsp3) is 0.333. The summed E-state index contributed by atoms with van der Waals surface area (Å²) >= 11 is 0. The molecule has 1 aliphatic carbocycles. The Morgan fingerprint density at radius 2 is 1.94 bits per heavy atom. The van der Waals surface area contributed by atoms with Gasteiger partial charge in [-0.05, 0) is 50.3 Å². The van der Waals surface area contributed by atoms with E-state index in [-0.39, 0.29) is 5.92 Å². The highest BCUT2D eigenvalue weighted by atomic mass is 16.5. The Balaban J connectivity index is 1.43. The van der Waals surface area contributed by atoms with Gasteiger partial charge in [-0.25, -0.2) is 14.6 Å². The van der Waals surface area contributed by atoms with Crippen molar-refractivity contribution in [2.75, 3.05) is 30.4 Å². The second-order valence-corrected chi connectivity index (χ2v) is 9.24. The number of anilines is 3. The highest BCUT2D eigenvalue weighted by molar-refractivity contribution is 5.64. The number of aryl methyl sites for hydroxylation is 1. The molecule has 1 atom stereocenters. The number of hydrogen-bond donors (Lipinski definition) is 1. The van der Waals surface area contributed by atoms with Crippen LogP contribution in [0.2, 0.25) is 0 Å². The van der Waals surface area contributed by atoms with Gasteiger partial charge in [-0.15, -0.1) is 0 Å². The van der Waals surface area contributed by atoms with E-state index in [1.165, 1.54) is 11.1 Å². The molecule has 0 radical (unpaired) electrons. The molecule has 3 heterocycles. The topological polar surface area (TPSA) is 81.0 Å². The van der Waals surface area contributed by atoms with Crippen LogP contribution in [-0.4, -0.2) is 44.9 Å². The molecule has 2 aromatic heterocycles. The fourth-order valence-electron chi connectivity index (χ4n) is 5.11. The van der Waals surface area contributed by atoms with Gasteiger partial charge in [0.05, 0.1) is 12.3 Å². The molecule has 8 nitrogen and oxygen atoms in total. The predicted octanol–water partition coefficient (Wildman–Crippen LogP) is 4.80. The summed E-state index contributed by atoms with van der Waals surface area (Å²) in [4.78, 5) is 16.6. The summed E-state index contributed by atoms with van der Waals surface area (Å²) in [7, 11) is 2.13.